The van der Waals surface area contributed by atoms with Crippen molar-refractivity contribution in [3.8, 4) is 0 Å². The van der Waals surface area contributed by atoms with E-state index in [1.54, 1.807) is 48.5 Å². The molecule has 0 bridgehead atoms. The van der Waals surface area contributed by atoms with Gasteiger partial charge in [-0.1, -0.05) is 75.8 Å². The Bertz CT molecular complexity index is 1740. The highest BCUT2D eigenvalue weighted by atomic mass is 79.9. The fraction of sp³-hybridized carbons (Fsp3) is 0.0625. The van der Waals surface area contributed by atoms with Crippen LogP contribution < -0.4 is 16.0 Å². The number of hydrogen-bond donors (Lipinski definition) is 3. The predicted molar refractivity (Wildman–Crippen MR) is 175 cm³/mol. The Morgan fingerprint density at radius 1 is 0.881 bits per heavy atom. The van der Waals surface area contributed by atoms with E-state index in [1.807, 2.05) is 67.6 Å². The van der Waals surface area contributed by atoms with Gasteiger partial charge in [0.1, 0.15) is 5.70 Å². The number of carbonyl (C=O) groups excluding carboxylic acids is 3. The van der Waals surface area contributed by atoms with E-state index >= 15 is 0 Å². The van der Waals surface area contributed by atoms with Gasteiger partial charge in [-0.25, -0.2) is 4.98 Å². The largest absolute Gasteiger partial charge is 0.321 e. The summed E-state index contributed by atoms with van der Waals surface area (Å²) in [7, 11) is 0. The smallest absolute Gasteiger partial charge is 0.272 e. The standard InChI is InChI=1S/C32H25BrN4O3S2/c1-20(29(38)37-32-36-26-12-5-6-13-28(26)42-32)41-25-11-7-10-24(19-25)34-31(40)27(18-21-14-16-23(33)17-15-21)35-30(39)22-8-3-2-4-9-22/h2-20H,1H3,(H,34,40)(H,35,39)(H,36,37,38)/b27-18-. The van der Waals surface area contributed by atoms with E-state index in [1.165, 1.54) is 23.1 Å². The van der Waals surface area contributed by atoms with Crippen molar-refractivity contribution in [3.05, 3.63) is 124 Å². The zero-order valence-corrected chi connectivity index (χ0v) is 25.6. The number of thioether (sulfide) groups is 1. The van der Waals surface area contributed by atoms with Crippen molar-refractivity contribution in [2.45, 2.75) is 17.1 Å². The minimum absolute atomic E-state index is 0.0906. The van der Waals surface area contributed by atoms with Gasteiger partial charge in [-0.3, -0.25) is 14.4 Å². The molecule has 10 heteroatoms. The number of carbonyl (C=O) groups is 3. The van der Waals surface area contributed by atoms with E-state index in [-0.39, 0.29) is 11.6 Å². The Balaban J connectivity index is 1.28. The summed E-state index contributed by atoms with van der Waals surface area (Å²) in [5, 5.41) is 8.66. The highest BCUT2D eigenvalue weighted by Gasteiger charge is 2.18. The van der Waals surface area contributed by atoms with Crippen LogP contribution in [0.3, 0.4) is 0 Å². The third-order valence-electron chi connectivity index (χ3n) is 6.01. The van der Waals surface area contributed by atoms with Gasteiger partial charge in [-0.15, -0.1) is 11.8 Å². The Morgan fingerprint density at radius 2 is 1.62 bits per heavy atom. The number of thiazole rings is 1. The number of nitrogens with one attached hydrogen (secondary N) is 3. The van der Waals surface area contributed by atoms with Crippen LogP contribution in [0.5, 0.6) is 0 Å². The summed E-state index contributed by atoms with van der Waals surface area (Å²) in [6, 6.07) is 31.0. The number of halogens is 1. The van der Waals surface area contributed by atoms with Crippen LogP contribution in [0.1, 0.15) is 22.8 Å². The molecular weight excluding hydrogens is 632 g/mol. The van der Waals surface area contributed by atoms with Crippen LogP contribution in [0.2, 0.25) is 0 Å². The van der Waals surface area contributed by atoms with Crippen molar-refractivity contribution in [2.24, 2.45) is 0 Å². The van der Waals surface area contributed by atoms with Crippen LogP contribution in [0.4, 0.5) is 10.8 Å². The average molecular weight is 658 g/mol. The molecule has 210 valence electrons. The van der Waals surface area contributed by atoms with Crippen molar-refractivity contribution >= 4 is 83.9 Å². The summed E-state index contributed by atoms with van der Waals surface area (Å²) in [6.07, 6.45) is 1.62. The molecular formula is C32H25BrN4O3S2. The molecule has 0 aliphatic carbocycles. The highest BCUT2D eigenvalue weighted by molar-refractivity contribution is 9.10. The fourth-order valence-electron chi connectivity index (χ4n) is 3.90. The number of nitrogens with zero attached hydrogens (tertiary/aromatic N) is 1. The van der Waals surface area contributed by atoms with Gasteiger partial charge in [0, 0.05) is 20.6 Å². The number of rotatable bonds is 9. The summed E-state index contributed by atoms with van der Waals surface area (Å²) >= 11 is 6.20. The van der Waals surface area contributed by atoms with Crippen LogP contribution in [0.25, 0.3) is 16.3 Å². The van der Waals surface area contributed by atoms with Crippen LogP contribution in [-0.4, -0.2) is 28.0 Å². The van der Waals surface area contributed by atoms with Gasteiger partial charge < -0.3 is 16.0 Å². The molecule has 1 aromatic heterocycles. The highest BCUT2D eigenvalue weighted by Crippen LogP contribution is 2.29. The van der Waals surface area contributed by atoms with Crippen molar-refractivity contribution in [1.82, 2.24) is 10.3 Å². The van der Waals surface area contributed by atoms with Gasteiger partial charge in [0.15, 0.2) is 5.13 Å². The molecule has 0 spiro atoms. The second-order valence-corrected chi connectivity index (χ2v) is 12.5. The normalized spacial score (nSPS) is 12.0. The summed E-state index contributed by atoms with van der Waals surface area (Å²) < 4.78 is 1.90. The van der Waals surface area contributed by atoms with Gasteiger partial charge in [0.25, 0.3) is 11.8 Å². The first-order chi connectivity index (χ1) is 20.3. The molecule has 1 unspecified atom stereocenters. The second-order valence-electron chi connectivity index (χ2n) is 9.15. The number of aromatic nitrogens is 1. The Labute approximate surface area is 259 Å². The molecule has 7 nitrogen and oxygen atoms in total. The number of benzene rings is 4. The molecule has 3 N–H and O–H groups in total. The lowest BCUT2D eigenvalue weighted by atomic mass is 10.1. The molecule has 4 aromatic carbocycles. The van der Waals surface area contributed by atoms with E-state index in [4.69, 9.17) is 0 Å². The number of hydrogen-bond acceptors (Lipinski definition) is 6. The summed E-state index contributed by atoms with van der Waals surface area (Å²) in [4.78, 5) is 44.4. The molecule has 0 aliphatic rings. The van der Waals surface area contributed by atoms with E-state index < -0.39 is 17.1 Å². The van der Waals surface area contributed by atoms with Gasteiger partial charge in [-0.05, 0) is 73.2 Å². The van der Waals surface area contributed by atoms with E-state index in [0.717, 1.165) is 25.1 Å². The van der Waals surface area contributed by atoms with Gasteiger partial charge in [0.2, 0.25) is 5.91 Å². The maximum Gasteiger partial charge on any atom is 0.272 e. The van der Waals surface area contributed by atoms with Crippen molar-refractivity contribution < 1.29 is 14.4 Å². The van der Waals surface area contributed by atoms with Gasteiger partial charge >= 0.3 is 0 Å². The lowest BCUT2D eigenvalue weighted by Gasteiger charge is -2.13. The maximum absolute atomic E-state index is 13.4. The number of para-hydroxylation sites is 1. The Hall–Kier alpha value is -4.25. The minimum atomic E-state index is -0.481. The molecule has 5 rings (SSSR count). The van der Waals surface area contributed by atoms with Gasteiger partial charge in [-0.2, -0.15) is 0 Å². The molecule has 0 radical (unpaired) electrons. The Kier molecular flexibility index (Phi) is 9.48. The summed E-state index contributed by atoms with van der Waals surface area (Å²) in [6.45, 7) is 1.82. The summed E-state index contributed by atoms with van der Waals surface area (Å²) in [5.41, 5.74) is 2.64. The van der Waals surface area contributed by atoms with Gasteiger partial charge in [0.05, 0.1) is 15.5 Å². The molecule has 5 aromatic rings. The molecule has 3 amide bonds. The topological polar surface area (TPSA) is 100 Å². The van der Waals surface area contributed by atoms with Crippen LogP contribution in [0.15, 0.2) is 118 Å². The lowest BCUT2D eigenvalue weighted by molar-refractivity contribution is -0.115. The second kappa shape index (κ2) is 13.6. The molecule has 1 heterocycles. The number of fused-ring (bicyclic) bond motifs is 1. The van der Waals surface area contributed by atoms with Crippen molar-refractivity contribution in [1.29, 1.82) is 0 Å². The average Bonchev–Trinajstić information content (AvgIpc) is 3.41. The van der Waals surface area contributed by atoms with Crippen molar-refractivity contribution in [2.75, 3.05) is 10.6 Å². The van der Waals surface area contributed by atoms with Crippen LogP contribution in [0, 0.1) is 0 Å². The molecule has 1 atom stereocenters. The monoisotopic (exact) mass is 656 g/mol. The van der Waals surface area contributed by atoms with Crippen LogP contribution in [-0.2, 0) is 9.59 Å². The number of amides is 3. The molecule has 0 saturated heterocycles. The molecule has 0 fully saturated rings. The third kappa shape index (κ3) is 7.73. The molecule has 42 heavy (non-hydrogen) atoms. The number of anilines is 2. The summed E-state index contributed by atoms with van der Waals surface area (Å²) in [5.74, 6) is -1.05. The molecule has 0 aliphatic heterocycles. The van der Waals surface area contributed by atoms with Crippen molar-refractivity contribution in [3.63, 3.8) is 0 Å². The zero-order valence-electron chi connectivity index (χ0n) is 22.3. The lowest BCUT2D eigenvalue weighted by Crippen LogP contribution is -2.30. The van der Waals surface area contributed by atoms with Crippen LogP contribution >= 0.6 is 39.0 Å². The zero-order chi connectivity index (χ0) is 29.5. The van der Waals surface area contributed by atoms with E-state index in [9.17, 15) is 14.4 Å². The quantitative estimate of drug-likeness (QED) is 0.112. The first-order valence-electron chi connectivity index (χ1n) is 12.9. The SMILES string of the molecule is CC(Sc1cccc(NC(=O)/C(=C/c2ccc(Br)cc2)NC(=O)c2ccccc2)c1)C(=O)Nc1nc2ccccc2s1. The molecule has 0 saturated carbocycles. The van der Waals surface area contributed by atoms with E-state index in [0.29, 0.717) is 16.4 Å². The fourth-order valence-corrected chi connectivity index (χ4v) is 5.96. The predicted octanol–water partition coefficient (Wildman–Crippen LogP) is 7.59. The third-order valence-corrected chi connectivity index (χ3v) is 8.58. The maximum atomic E-state index is 13.4. The Morgan fingerprint density at radius 3 is 2.38 bits per heavy atom. The first kappa shape index (κ1) is 29.2. The van der Waals surface area contributed by atoms with E-state index in [2.05, 4.69) is 36.9 Å². The minimum Gasteiger partial charge on any atom is -0.321 e. The first-order valence-corrected chi connectivity index (χ1v) is 15.4.